The first-order valence-corrected chi connectivity index (χ1v) is 13.5. The van der Waals surface area contributed by atoms with Crippen molar-refractivity contribution in [1.29, 1.82) is 0 Å². The average molecular weight is 486 g/mol. The third kappa shape index (κ3) is 4.20. The van der Waals surface area contributed by atoms with Crippen molar-refractivity contribution in [2.45, 2.75) is 62.9 Å². The lowest BCUT2D eigenvalue weighted by Gasteiger charge is -2.41. The van der Waals surface area contributed by atoms with E-state index < -0.39 is 5.54 Å². The molecule has 0 amide bonds. The van der Waals surface area contributed by atoms with Crippen molar-refractivity contribution < 1.29 is 4.74 Å². The number of aromatic nitrogens is 5. The minimum absolute atomic E-state index is 0.406. The second kappa shape index (κ2) is 8.63. The normalized spacial score (nSPS) is 24.4. The molecule has 36 heavy (non-hydrogen) atoms. The van der Waals surface area contributed by atoms with Gasteiger partial charge in [-0.3, -0.25) is 9.97 Å². The zero-order valence-corrected chi connectivity index (χ0v) is 21.1. The van der Waals surface area contributed by atoms with Gasteiger partial charge in [0.15, 0.2) is 5.54 Å². The molecular weight excluding hydrogens is 450 g/mol. The SMILES string of the molecule is CC1(CN[C@@H]2CCCN(c3ccc(C4(n5cc(-c6cncc(C7CC7)c6)nn5)COC4)nc3)C2)CC1. The molecule has 1 N–H and O–H groups in total. The zero-order valence-electron chi connectivity index (χ0n) is 21.1. The van der Waals surface area contributed by atoms with E-state index in [1.807, 2.05) is 29.5 Å². The number of rotatable bonds is 8. The van der Waals surface area contributed by atoms with Crippen molar-refractivity contribution in [2.75, 3.05) is 37.7 Å². The molecule has 2 saturated heterocycles. The number of nitrogens with zero attached hydrogens (tertiary/aromatic N) is 6. The molecule has 0 radical (unpaired) electrons. The molecular formula is C28H35N7O. The van der Waals surface area contributed by atoms with E-state index >= 15 is 0 Å². The van der Waals surface area contributed by atoms with E-state index in [9.17, 15) is 0 Å². The van der Waals surface area contributed by atoms with Gasteiger partial charge in [-0.1, -0.05) is 12.1 Å². The van der Waals surface area contributed by atoms with Gasteiger partial charge >= 0.3 is 0 Å². The van der Waals surface area contributed by atoms with Gasteiger partial charge in [-0.15, -0.1) is 5.10 Å². The van der Waals surface area contributed by atoms with Crippen LogP contribution in [0.3, 0.4) is 0 Å². The fraction of sp³-hybridized carbons (Fsp3) is 0.571. The molecule has 7 rings (SSSR count). The maximum atomic E-state index is 5.68. The van der Waals surface area contributed by atoms with Gasteiger partial charge in [-0.05, 0) is 73.6 Å². The van der Waals surface area contributed by atoms with Gasteiger partial charge in [0.1, 0.15) is 5.69 Å². The summed E-state index contributed by atoms with van der Waals surface area (Å²) in [5, 5.41) is 12.8. The van der Waals surface area contributed by atoms with Crippen molar-refractivity contribution in [1.82, 2.24) is 30.3 Å². The number of anilines is 1. The second-order valence-electron chi connectivity index (χ2n) is 11.7. The van der Waals surface area contributed by atoms with Crippen LogP contribution in [0.25, 0.3) is 11.3 Å². The standard InChI is InChI=1S/C28H35N7O/c1-27(8-9-27)17-31-23-3-2-10-34(15-23)24-6-7-26(30-14-24)28(18-36-19-28)35-16-25(32-33-35)22-11-21(12-29-13-22)20-4-5-20/h6-7,11-14,16,20,23,31H,2-5,8-10,15,17-19H2,1H3/t23-/m1/s1. The summed E-state index contributed by atoms with van der Waals surface area (Å²) < 4.78 is 7.62. The van der Waals surface area contributed by atoms with Gasteiger partial charge in [0.05, 0.1) is 37.0 Å². The molecule has 8 heteroatoms. The largest absolute Gasteiger partial charge is 0.375 e. The van der Waals surface area contributed by atoms with Crippen LogP contribution in [0, 0.1) is 5.41 Å². The number of pyridine rings is 2. The lowest BCUT2D eigenvalue weighted by molar-refractivity contribution is -0.0851. The summed E-state index contributed by atoms with van der Waals surface area (Å²) in [6.45, 7) is 6.78. The third-order valence-electron chi connectivity index (χ3n) is 8.65. The summed E-state index contributed by atoms with van der Waals surface area (Å²) >= 11 is 0. The van der Waals surface area contributed by atoms with Gasteiger partial charge in [0, 0.05) is 43.6 Å². The summed E-state index contributed by atoms with van der Waals surface area (Å²) in [5.74, 6) is 0.661. The van der Waals surface area contributed by atoms with Crippen molar-refractivity contribution >= 4 is 5.69 Å². The predicted octanol–water partition coefficient (Wildman–Crippen LogP) is 3.74. The van der Waals surface area contributed by atoms with Crippen LogP contribution >= 0.6 is 0 Å². The van der Waals surface area contributed by atoms with E-state index in [2.05, 4.69) is 50.6 Å². The van der Waals surface area contributed by atoms with E-state index in [1.165, 1.54) is 49.8 Å². The minimum atomic E-state index is -0.406. The number of hydrogen-bond donors (Lipinski definition) is 1. The summed E-state index contributed by atoms with van der Waals surface area (Å²) in [7, 11) is 0. The van der Waals surface area contributed by atoms with Crippen LogP contribution in [0.5, 0.6) is 0 Å². The molecule has 2 saturated carbocycles. The Morgan fingerprint density at radius 1 is 1.11 bits per heavy atom. The number of ether oxygens (including phenoxy) is 1. The molecule has 1 atom stereocenters. The van der Waals surface area contributed by atoms with Crippen LogP contribution in [0.15, 0.2) is 43.0 Å². The van der Waals surface area contributed by atoms with E-state index in [0.29, 0.717) is 30.6 Å². The first-order chi connectivity index (χ1) is 17.6. The minimum Gasteiger partial charge on any atom is -0.375 e. The van der Waals surface area contributed by atoms with Crippen molar-refractivity contribution in [3.8, 4) is 11.3 Å². The highest BCUT2D eigenvalue weighted by Gasteiger charge is 2.45. The highest BCUT2D eigenvalue weighted by molar-refractivity contribution is 5.58. The number of nitrogens with one attached hydrogen (secondary N) is 1. The molecule has 3 aromatic heterocycles. The Bertz CT molecular complexity index is 1230. The molecule has 188 valence electrons. The maximum Gasteiger partial charge on any atom is 0.152 e. The van der Waals surface area contributed by atoms with E-state index in [4.69, 9.17) is 9.72 Å². The summed E-state index contributed by atoms with van der Waals surface area (Å²) in [6.07, 6.45) is 15.6. The van der Waals surface area contributed by atoms with Gasteiger partial charge in [0.25, 0.3) is 0 Å². The quantitative estimate of drug-likeness (QED) is 0.520. The van der Waals surface area contributed by atoms with Crippen LogP contribution in [-0.2, 0) is 10.3 Å². The molecule has 0 unspecified atom stereocenters. The first kappa shape index (κ1) is 22.4. The lowest BCUT2D eigenvalue weighted by Crippen LogP contribution is -2.53. The molecule has 4 fully saturated rings. The Labute approximate surface area is 212 Å². The van der Waals surface area contributed by atoms with Crippen molar-refractivity contribution in [3.05, 3.63) is 54.2 Å². The predicted molar refractivity (Wildman–Crippen MR) is 138 cm³/mol. The van der Waals surface area contributed by atoms with Gasteiger partial charge in [-0.2, -0.15) is 0 Å². The molecule has 0 bridgehead atoms. The Morgan fingerprint density at radius 3 is 2.72 bits per heavy atom. The fourth-order valence-electron chi connectivity index (χ4n) is 5.54. The Hall–Kier alpha value is -2.84. The monoisotopic (exact) mass is 485 g/mol. The Kier molecular flexibility index (Phi) is 5.36. The van der Waals surface area contributed by atoms with Crippen molar-refractivity contribution in [2.24, 2.45) is 5.41 Å². The Balaban J connectivity index is 1.07. The van der Waals surface area contributed by atoms with Crippen molar-refractivity contribution in [3.63, 3.8) is 0 Å². The van der Waals surface area contributed by atoms with E-state index in [-0.39, 0.29) is 0 Å². The van der Waals surface area contributed by atoms with E-state index in [1.54, 1.807) is 0 Å². The molecule has 0 spiro atoms. The molecule has 5 heterocycles. The zero-order chi connectivity index (χ0) is 24.2. The third-order valence-corrected chi connectivity index (χ3v) is 8.65. The molecule has 8 nitrogen and oxygen atoms in total. The van der Waals surface area contributed by atoms with E-state index in [0.717, 1.165) is 36.6 Å². The van der Waals surface area contributed by atoms with Crippen LogP contribution in [0.2, 0.25) is 0 Å². The van der Waals surface area contributed by atoms with Crippen LogP contribution in [0.4, 0.5) is 5.69 Å². The van der Waals surface area contributed by atoms with Crippen LogP contribution in [0.1, 0.15) is 62.6 Å². The van der Waals surface area contributed by atoms with Gasteiger partial charge in [-0.25, -0.2) is 4.68 Å². The lowest BCUT2D eigenvalue weighted by atomic mass is 9.92. The smallest absolute Gasteiger partial charge is 0.152 e. The Morgan fingerprint density at radius 2 is 2.00 bits per heavy atom. The number of piperidine rings is 1. The molecule has 0 aromatic carbocycles. The average Bonchev–Trinajstić information content (AvgIpc) is 3.82. The first-order valence-electron chi connectivity index (χ1n) is 13.5. The molecule has 2 aliphatic carbocycles. The number of hydrogen-bond acceptors (Lipinski definition) is 7. The van der Waals surface area contributed by atoms with Crippen LogP contribution in [-0.4, -0.2) is 63.9 Å². The van der Waals surface area contributed by atoms with Gasteiger partial charge < -0.3 is 15.0 Å². The summed E-state index contributed by atoms with van der Waals surface area (Å²) in [5.41, 5.74) is 5.48. The molecule has 3 aromatic rings. The van der Waals surface area contributed by atoms with Gasteiger partial charge in [0.2, 0.25) is 0 Å². The summed E-state index contributed by atoms with van der Waals surface area (Å²) in [4.78, 5) is 11.9. The molecule has 2 aliphatic heterocycles. The second-order valence-corrected chi connectivity index (χ2v) is 11.7. The van der Waals surface area contributed by atoms with Crippen LogP contribution < -0.4 is 10.2 Å². The maximum absolute atomic E-state index is 5.68. The topological polar surface area (TPSA) is 81.0 Å². The molecule has 4 aliphatic rings. The highest BCUT2D eigenvalue weighted by atomic mass is 16.5. The highest BCUT2D eigenvalue weighted by Crippen LogP contribution is 2.44. The fourth-order valence-corrected chi connectivity index (χ4v) is 5.54. The summed E-state index contributed by atoms with van der Waals surface area (Å²) in [6, 6.07) is 7.13.